The molecule has 0 heterocycles. The van der Waals surface area contributed by atoms with E-state index in [1.54, 1.807) is 0 Å². The molecule has 0 radical (unpaired) electrons. The second kappa shape index (κ2) is 16.2. The first-order valence-corrected chi connectivity index (χ1v) is 12.8. The zero-order chi connectivity index (χ0) is 23.7. The third-order valence-electron chi connectivity index (χ3n) is 5.67. The van der Waals surface area contributed by atoms with Crippen LogP contribution in [-0.2, 0) is 9.53 Å². The van der Waals surface area contributed by atoms with Crippen LogP contribution in [0.2, 0.25) is 0 Å². The molecule has 0 aliphatic heterocycles. The summed E-state index contributed by atoms with van der Waals surface area (Å²) in [5, 5.41) is 0. The van der Waals surface area contributed by atoms with Gasteiger partial charge in [-0.05, 0) is 55.2 Å². The number of hydrogen-bond acceptors (Lipinski definition) is 4. The van der Waals surface area contributed by atoms with Crippen molar-refractivity contribution in [2.45, 2.75) is 91.1 Å². The minimum absolute atomic E-state index is 0.118. The van der Waals surface area contributed by atoms with Crippen LogP contribution in [0.1, 0.15) is 85.0 Å². The lowest BCUT2D eigenvalue weighted by atomic mass is 10.1. The Bertz CT molecular complexity index is 767. The number of rotatable bonds is 17. The molecule has 0 spiro atoms. The Morgan fingerprint density at radius 3 is 1.79 bits per heavy atom. The topological polar surface area (TPSA) is 44.8 Å². The Labute approximate surface area is 200 Å². The van der Waals surface area contributed by atoms with Crippen molar-refractivity contribution in [3.05, 3.63) is 48.5 Å². The van der Waals surface area contributed by atoms with E-state index in [0.29, 0.717) is 19.4 Å². The van der Waals surface area contributed by atoms with Gasteiger partial charge in [-0.15, -0.1) is 0 Å². The highest BCUT2D eigenvalue weighted by Gasteiger charge is 2.09. The van der Waals surface area contributed by atoms with Gasteiger partial charge in [0.1, 0.15) is 17.6 Å². The van der Waals surface area contributed by atoms with Crippen molar-refractivity contribution in [1.82, 2.24) is 0 Å². The van der Waals surface area contributed by atoms with Crippen LogP contribution < -0.4 is 9.47 Å². The molecule has 4 nitrogen and oxygen atoms in total. The molecule has 0 saturated carbocycles. The van der Waals surface area contributed by atoms with E-state index in [2.05, 4.69) is 38.1 Å². The van der Waals surface area contributed by atoms with Crippen molar-refractivity contribution >= 4 is 5.97 Å². The van der Waals surface area contributed by atoms with Crippen molar-refractivity contribution in [2.24, 2.45) is 0 Å². The summed E-state index contributed by atoms with van der Waals surface area (Å²) in [6, 6.07) is 16.4. The van der Waals surface area contributed by atoms with Crippen LogP contribution in [0.25, 0.3) is 11.1 Å². The van der Waals surface area contributed by atoms with E-state index in [0.717, 1.165) is 48.5 Å². The van der Waals surface area contributed by atoms with Gasteiger partial charge < -0.3 is 14.2 Å². The quantitative estimate of drug-likeness (QED) is 0.179. The highest BCUT2D eigenvalue weighted by Crippen LogP contribution is 2.25. The molecule has 2 aromatic rings. The van der Waals surface area contributed by atoms with Gasteiger partial charge in [0, 0.05) is 12.8 Å². The number of benzene rings is 2. The first-order valence-electron chi connectivity index (χ1n) is 12.8. The van der Waals surface area contributed by atoms with Crippen molar-refractivity contribution < 1.29 is 19.0 Å². The van der Waals surface area contributed by atoms with E-state index in [1.165, 1.54) is 32.1 Å². The molecule has 0 N–H and O–H groups in total. The van der Waals surface area contributed by atoms with Gasteiger partial charge in [0.2, 0.25) is 0 Å². The Kier molecular flexibility index (Phi) is 13.1. The lowest BCUT2D eigenvalue weighted by Crippen LogP contribution is -2.17. The van der Waals surface area contributed by atoms with Crippen LogP contribution in [0.15, 0.2) is 48.5 Å². The van der Waals surface area contributed by atoms with Crippen molar-refractivity contribution in [1.29, 1.82) is 0 Å². The first-order chi connectivity index (χ1) is 16.1. The Morgan fingerprint density at radius 2 is 1.21 bits per heavy atom. The van der Waals surface area contributed by atoms with Gasteiger partial charge in [-0.1, -0.05) is 76.6 Å². The fourth-order valence-corrected chi connectivity index (χ4v) is 3.57. The van der Waals surface area contributed by atoms with E-state index in [1.807, 2.05) is 31.2 Å². The minimum atomic E-state index is -0.129. The summed E-state index contributed by atoms with van der Waals surface area (Å²) in [5.41, 5.74) is 2.30. The summed E-state index contributed by atoms with van der Waals surface area (Å²) in [6.07, 6.45) is 10.6. The molecule has 0 fully saturated rings. The smallest absolute Gasteiger partial charge is 0.306 e. The van der Waals surface area contributed by atoms with Gasteiger partial charge in [0.05, 0.1) is 13.2 Å². The summed E-state index contributed by atoms with van der Waals surface area (Å²) in [7, 11) is 0. The zero-order valence-corrected chi connectivity index (χ0v) is 20.8. The predicted molar refractivity (Wildman–Crippen MR) is 136 cm³/mol. The largest absolute Gasteiger partial charge is 0.494 e. The molecule has 0 aliphatic rings. The molecule has 2 aromatic carbocycles. The molecule has 1 unspecified atom stereocenters. The molecule has 182 valence electrons. The molecule has 1 atom stereocenters. The second-order valence-corrected chi connectivity index (χ2v) is 8.71. The molecule has 4 heteroatoms. The van der Waals surface area contributed by atoms with Crippen LogP contribution in [0, 0.1) is 0 Å². The first kappa shape index (κ1) is 26.8. The van der Waals surface area contributed by atoms with Crippen molar-refractivity contribution in [3.63, 3.8) is 0 Å². The van der Waals surface area contributed by atoms with E-state index in [4.69, 9.17) is 14.2 Å². The molecular formula is C29H42O4. The number of unbranched alkanes of at least 4 members (excludes halogenated alkanes) is 6. The second-order valence-electron chi connectivity index (χ2n) is 8.71. The Hall–Kier alpha value is -2.49. The predicted octanol–water partition coefficient (Wildman–Crippen LogP) is 7.98. The van der Waals surface area contributed by atoms with Gasteiger partial charge in [0.15, 0.2) is 0 Å². The molecule has 2 rings (SSSR count). The summed E-state index contributed by atoms with van der Waals surface area (Å²) in [5.74, 6) is 1.63. The molecule has 0 saturated heterocycles. The lowest BCUT2D eigenvalue weighted by Gasteiger charge is -2.14. The van der Waals surface area contributed by atoms with E-state index >= 15 is 0 Å². The van der Waals surface area contributed by atoms with Gasteiger partial charge in [-0.3, -0.25) is 4.79 Å². The van der Waals surface area contributed by atoms with Crippen LogP contribution in [0.5, 0.6) is 11.5 Å². The zero-order valence-electron chi connectivity index (χ0n) is 20.8. The van der Waals surface area contributed by atoms with E-state index < -0.39 is 0 Å². The van der Waals surface area contributed by atoms with E-state index in [-0.39, 0.29) is 12.1 Å². The molecule has 0 amide bonds. The van der Waals surface area contributed by atoms with Gasteiger partial charge >= 0.3 is 5.97 Å². The average molecular weight is 455 g/mol. The standard InChI is InChI=1S/C29H42O4/c1-4-6-8-9-10-11-22-31-27-17-13-25(14-18-27)26-15-19-28(20-16-26)32-23-21-24(3)33-29(30)12-7-5-2/h13-20,24H,4-12,21-23H2,1-3H3. The monoisotopic (exact) mass is 454 g/mol. The Morgan fingerprint density at radius 1 is 0.697 bits per heavy atom. The summed E-state index contributed by atoms with van der Waals surface area (Å²) < 4.78 is 17.1. The van der Waals surface area contributed by atoms with Crippen LogP contribution >= 0.6 is 0 Å². The number of hydrogen-bond donors (Lipinski definition) is 0. The lowest BCUT2D eigenvalue weighted by molar-refractivity contribution is -0.148. The summed E-state index contributed by atoms with van der Waals surface area (Å²) in [6.45, 7) is 7.53. The summed E-state index contributed by atoms with van der Waals surface area (Å²) in [4.78, 5) is 11.7. The fraction of sp³-hybridized carbons (Fsp3) is 0.552. The normalized spacial score (nSPS) is 11.7. The van der Waals surface area contributed by atoms with Gasteiger partial charge in [-0.2, -0.15) is 0 Å². The van der Waals surface area contributed by atoms with Gasteiger partial charge in [0.25, 0.3) is 0 Å². The number of ether oxygens (including phenoxy) is 3. The van der Waals surface area contributed by atoms with Crippen molar-refractivity contribution in [2.75, 3.05) is 13.2 Å². The maximum absolute atomic E-state index is 11.7. The molecule has 33 heavy (non-hydrogen) atoms. The number of carbonyl (C=O) groups is 1. The highest BCUT2D eigenvalue weighted by atomic mass is 16.5. The maximum atomic E-state index is 11.7. The SMILES string of the molecule is CCCCCCCCOc1ccc(-c2ccc(OCCC(C)OC(=O)CCCC)cc2)cc1. The molecular weight excluding hydrogens is 412 g/mol. The van der Waals surface area contributed by atoms with Crippen LogP contribution in [-0.4, -0.2) is 25.3 Å². The molecule has 0 bridgehead atoms. The Balaban J connectivity index is 1.68. The van der Waals surface area contributed by atoms with Crippen LogP contribution in [0.3, 0.4) is 0 Å². The third-order valence-corrected chi connectivity index (χ3v) is 5.67. The fourth-order valence-electron chi connectivity index (χ4n) is 3.57. The highest BCUT2D eigenvalue weighted by molar-refractivity contribution is 5.69. The average Bonchev–Trinajstić information content (AvgIpc) is 2.83. The third kappa shape index (κ3) is 11.3. The summed E-state index contributed by atoms with van der Waals surface area (Å²) >= 11 is 0. The number of esters is 1. The maximum Gasteiger partial charge on any atom is 0.306 e. The van der Waals surface area contributed by atoms with E-state index in [9.17, 15) is 4.79 Å². The number of carbonyl (C=O) groups excluding carboxylic acids is 1. The van der Waals surface area contributed by atoms with Crippen molar-refractivity contribution in [3.8, 4) is 22.6 Å². The minimum Gasteiger partial charge on any atom is -0.494 e. The van der Waals surface area contributed by atoms with Gasteiger partial charge in [-0.25, -0.2) is 0 Å². The molecule has 0 aromatic heterocycles. The molecule has 0 aliphatic carbocycles. The van der Waals surface area contributed by atoms with Crippen LogP contribution in [0.4, 0.5) is 0 Å².